The topological polar surface area (TPSA) is 123 Å². The summed E-state index contributed by atoms with van der Waals surface area (Å²) in [4.78, 5) is 51.7. The molecule has 1 heterocycles. The molecule has 1 saturated heterocycles. The van der Waals surface area contributed by atoms with Crippen molar-refractivity contribution in [3.63, 3.8) is 0 Å². The Bertz CT molecular complexity index is 497. The van der Waals surface area contributed by atoms with Crippen LogP contribution in [0, 0.1) is 5.92 Å². The molecular formula is C14H23N3O6. The summed E-state index contributed by atoms with van der Waals surface area (Å²) in [5.74, 6) is -2.58. The van der Waals surface area contributed by atoms with Crippen LogP contribution in [-0.4, -0.2) is 48.0 Å². The van der Waals surface area contributed by atoms with Gasteiger partial charge in [-0.2, -0.15) is 0 Å². The molecule has 1 aliphatic rings. The molecule has 2 atom stereocenters. The molecule has 23 heavy (non-hydrogen) atoms. The van der Waals surface area contributed by atoms with Gasteiger partial charge in [-0.3, -0.25) is 19.2 Å². The second-order valence-corrected chi connectivity index (χ2v) is 6.54. The Kier molecular flexibility index (Phi) is 6.08. The highest BCUT2D eigenvalue weighted by Crippen LogP contribution is 2.09. The number of carbonyl (C=O) groups excluding carboxylic acids is 4. The maximum Gasteiger partial charge on any atom is 0.408 e. The second kappa shape index (κ2) is 7.40. The molecule has 0 aliphatic carbocycles. The molecule has 2 unspecified atom stereocenters. The smallest absolute Gasteiger partial charge is 0.408 e. The van der Waals surface area contributed by atoms with Crippen LogP contribution in [0.15, 0.2) is 0 Å². The summed E-state index contributed by atoms with van der Waals surface area (Å²) < 4.78 is 5.11. The van der Waals surface area contributed by atoms with Gasteiger partial charge in [-0.1, -0.05) is 13.8 Å². The van der Waals surface area contributed by atoms with E-state index in [0.29, 0.717) is 0 Å². The third-order valence-electron chi connectivity index (χ3n) is 2.89. The van der Waals surface area contributed by atoms with Crippen molar-refractivity contribution in [1.29, 1.82) is 0 Å². The summed E-state index contributed by atoms with van der Waals surface area (Å²) in [6.45, 7) is 8.39. The molecule has 1 rings (SSSR count). The van der Waals surface area contributed by atoms with Crippen molar-refractivity contribution in [2.75, 3.05) is 6.61 Å². The molecule has 9 nitrogen and oxygen atoms in total. The van der Waals surface area contributed by atoms with Gasteiger partial charge in [0.25, 0.3) is 0 Å². The number of rotatable bonds is 4. The molecule has 0 spiro atoms. The highest BCUT2D eigenvalue weighted by molar-refractivity contribution is 6.38. The summed E-state index contributed by atoms with van der Waals surface area (Å²) in [5, 5.41) is 4.87. The van der Waals surface area contributed by atoms with Gasteiger partial charge in [0, 0.05) is 0 Å². The number of nitrogens with one attached hydrogen (secondary N) is 3. The highest BCUT2D eigenvalue weighted by atomic mass is 16.7. The van der Waals surface area contributed by atoms with Crippen LogP contribution in [0.3, 0.4) is 0 Å². The first kappa shape index (κ1) is 18.9. The van der Waals surface area contributed by atoms with Gasteiger partial charge in [-0.05, 0) is 26.7 Å². The molecule has 9 heteroatoms. The average Bonchev–Trinajstić information content (AvgIpc) is 2.39. The predicted molar refractivity (Wildman–Crippen MR) is 79.0 cm³/mol. The molecule has 130 valence electrons. The Morgan fingerprint density at radius 2 is 1.91 bits per heavy atom. The number of alkyl carbamates (subject to hydrolysis) is 1. The fourth-order valence-corrected chi connectivity index (χ4v) is 1.81. The number of ether oxygens (including phenoxy) is 1. The standard InChI is InChI=1S/C14H23N3O6/c1-7(2)9(16-13(21)23-14(3,4)5)11(19)15-8-6-22-17-12(20)10(8)18/h7-9H,6H2,1-5H3,(H,15,19)(H,16,21)(H,17,20). The predicted octanol–water partition coefficient (Wildman–Crippen LogP) is -0.349. The van der Waals surface area contributed by atoms with Crippen LogP contribution in [-0.2, 0) is 24.0 Å². The molecule has 0 aromatic carbocycles. The minimum absolute atomic E-state index is 0.173. The Hall–Kier alpha value is -2.16. The van der Waals surface area contributed by atoms with Gasteiger partial charge >= 0.3 is 12.0 Å². The molecular weight excluding hydrogens is 306 g/mol. The molecule has 0 aromatic heterocycles. The van der Waals surface area contributed by atoms with E-state index in [9.17, 15) is 19.2 Å². The lowest BCUT2D eigenvalue weighted by molar-refractivity contribution is -0.155. The number of hydrogen-bond acceptors (Lipinski definition) is 6. The zero-order chi connectivity index (χ0) is 17.8. The zero-order valence-corrected chi connectivity index (χ0v) is 13.9. The van der Waals surface area contributed by atoms with Crippen molar-refractivity contribution >= 4 is 23.7 Å². The lowest BCUT2D eigenvalue weighted by Crippen LogP contribution is -2.59. The third kappa shape index (κ3) is 5.85. The van der Waals surface area contributed by atoms with Crippen molar-refractivity contribution in [2.24, 2.45) is 5.92 Å². The molecule has 0 aromatic rings. The van der Waals surface area contributed by atoms with Gasteiger partial charge in [-0.15, -0.1) is 0 Å². The van der Waals surface area contributed by atoms with Crippen LogP contribution in [0.25, 0.3) is 0 Å². The van der Waals surface area contributed by atoms with Gasteiger partial charge in [0.15, 0.2) is 0 Å². The number of hydrogen-bond donors (Lipinski definition) is 3. The molecule has 0 radical (unpaired) electrons. The number of carbonyl (C=O) groups is 4. The Morgan fingerprint density at radius 3 is 2.43 bits per heavy atom. The third-order valence-corrected chi connectivity index (χ3v) is 2.89. The van der Waals surface area contributed by atoms with Crippen LogP contribution in [0.5, 0.6) is 0 Å². The minimum Gasteiger partial charge on any atom is -0.444 e. The molecule has 0 bridgehead atoms. The van der Waals surface area contributed by atoms with Crippen LogP contribution < -0.4 is 16.1 Å². The Morgan fingerprint density at radius 1 is 1.30 bits per heavy atom. The van der Waals surface area contributed by atoms with E-state index in [4.69, 9.17) is 9.57 Å². The number of Topliss-reactive ketones (excluding diaryl/α,β-unsaturated/α-hetero) is 1. The van der Waals surface area contributed by atoms with Crippen molar-refractivity contribution in [1.82, 2.24) is 16.1 Å². The van der Waals surface area contributed by atoms with Gasteiger partial charge < -0.3 is 15.4 Å². The van der Waals surface area contributed by atoms with E-state index in [0.717, 1.165) is 0 Å². The van der Waals surface area contributed by atoms with Gasteiger partial charge in [0.05, 0.1) is 0 Å². The Labute approximate surface area is 134 Å². The SMILES string of the molecule is CC(C)C(NC(=O)OC(C)(C)C)C(=O)NC1CONC(=O)C1=O. The summed E-state index contributed by atoms with van der Waals surface area (Å²) in [6, 6.07) is -2.00. The first-order chi connectivity index (χ1) is 10.5. The molecule has 3 N–H and O–H groups in total. The fourth-order valence-electron chi connectivity index (χ4n) is 1.81. The maximum atomic E-state index is 12.3. The molecule has 1 aliphatic heterocycles. The quantitative estimate of drug-likeness (QED) is 0.606. The summed E-state index contributed by atoms with van der Waals surface area (Å²) in [7, 11) is 0. The van der Waals surface area contributed by atoms with E-state index < -0.39 is 41.4 Å². The highest BCUT2D eigenvalue weighted by Gasteiger charge is 2.35. The number of amides is 3. The normalized spacial score (nSPS) is 19.8. The summed E-state index contributed by atoms with van der Waals surface area (Å²) in [5.41, 5.74) is 1.21. The Balaban J connectivity index is 2.69. The molecule has 0 saturated carbocycles. The molecule has 1 fully saturated rings. The first-order valence-electron chi connectivity index (χ1n) is 7.27. The fraction of sp³-hybridized carbons (Fsp3) is 0.714. The van der Waals surface area contributed by atoms with Crippen LogP contribution in [0.4, 0.5) is 4.79 Å². The summed E-state index contributed by atoms with van der Waals surface area (Å²) in [6.07, 6.45) is -0.740. The first-order valence-corrected chi connectivity index (χ1v) is 7.27. The number of ketones is 1. The van der Waals surface area contributed by atoms with E-state index in [1.54, 1.807) is 34.6 Å². The monoisotopic (exact) mass is 329 g/mol. The van der Waals surface area contributed by atoms with E-state index in [2.05, 4.69) is 10.6 Å². The zero-order valence-electron chi connectivity index (χ0n) is 13.9. The van der Waals surface area contributed by atoms with Crippen molar-refractivity contribution in [3.05, 3.63) is 0 Å². The van der Waals surface area contributed by atoms with Crippen molar-refractivity contribution in [2.45, 2.75) is 52.3 Å². The second-order valence-electron chi connectivity index (χ2n) is 6.54. The van der Waals surface area contributed by atoms with Crippen LogP contribution in [0.2, 0.25) is 0 Å². The van der Waals surface area contributed by atoms with Gasteiger partial charge in [0.2, 0.25) is 11.7 Å². The average molecular weight is 329 g/mol. The summed E-state index contributed by atoms with van der Waals surface area (Å²) >= 11 is 0. The number of hydroxylamine groups is 1. The lowest BCUT2D eigenvalue weighted by atomic mass is 10.0. The van der Waals surface area contributed by atoms with Gasteiger partial charge in [0.1, 0.15) is 24.3 Å². The van der Waals surface area contributed by atoms with E-state index in [-0.39, 0.29) is 12.5 Å². The van der Waals surface area contributed by atoms with Crippen LogP contribution in [0.1, 0.15) is 34.6 Å². The molecule has 3 amide bonds. The van der Waals surface area contributed by atoms with E-state index in [1.807, 2.05) is 5.48 Å². The van der Waals surface area contributed by atoms with Gasteiger partial charge in [-0.25, -0.2) is 10.3 Å². The minimum atomic E-state index is -1.09. The van der Waals surface area contributed by atoms with E-state index in [1.165, 1.54) is 0 Å². The maximum absolute atomic E-state index is 12.3. The lowest BCUT2D eigenvalue weighted by Gasteiger charge is -2.27. The van der Waals surface area contributed by atoms with Crippen molar-refractivity contribution < 1.29 is 28.8 Å². The van der Waals surface area contributed by atoms with Crippen molar-refractivity contribution in [3.8, 4) is 0 Å². The van der Waals surface area contributed by atoms with E-state index >= 15 is 0 Å². The van der Waals surface area contributed by atoms with Crippen LogP contribution >= 0.6 is 0 Å². The largest absolute Gasteiger partial charge is 0.444 e.